The molecule has 2 N–H and O–H groups in total. The third-order valence-electron chi connectivity index (χ3n) is 8.81. The molecule has 0 fully saturated rings. The fourth-order valence-electron chi connectivity index (χ4n) is 6.18. The Bertz CT molecular complexity index is 1460. The second-order valence-corrected chi connectivity index (χ2v) is 13.3. The lowest BCUT2D eigenvalue weighted by molar-refractivity contribution is -0.150. The number of benzene rings is 3. The first-order valence-electron chi connectivity index (χ1n) is 16.2. The van der Waals surface area contributed by atoms with E-state index >= 15 is 0 Å². The summed E-state index contributed by atoms with van der Waals surface area (Å²) >= 11 is 1.67. The Morgan fingerprint density at radius 3 is 2.33 bits per heavy atom. The van der Waals surface area contributed by atoms with Crippen LogP contribution in [0.4, 0.5) is 0 Å². The van der Waals surface area contributed by atoms with Crippen LogP contribution in [0.5, 0.6) is 0 Å². The third-order valence-corrected chi connectivity index (χ3v) is 9.98. The molecule has 8 heteroatoms. The summed E-state index contributed by atoms with van der Waals surface area (Å²) in [6.45, 7) is 0.357. The van der Waals surface area contributed by atoms with E-state index in [9.17, 15) is 19.5 Å². The SMILES string of the molecule is O=C1NC(CSCc2ccccc2)COC(=O)C(Cc2ccccc2)CCC=CCC1CC(=O)N1Cc2ccccc2CC1CO. The number of hydrogen-bond donors (Lipinski definition) is 2. The number of amides is 2. The molecule has 242 valence electrons. The van der Waals surface area contributed by atoms with Crippen LogP contribution >= 0.6 is 11.8 Å². The maximum absolute atomic E-state index is 13.8. The second-order valence-electron chi connectivity index (χ2n) is 12.2. The van der Waals surface area contributed by atoms with Crippen molar-refractivity contribution < 1.29 is 24.2 Å². The van der Waals surface area contributed by atoms with E-state index in [4.69, 9.17) is 4.74 Å². The Labute approximate surface area is 276 Å². The zero-order chi connectivity index (χ0) is 32.1. The van der Waals surface area contributed by atoms with Crippen molar-refractivity contribution in [3.63, 3.8) is 0 Å². The summed E-state index contributed by atoms with van der Waals surface area (Å²) in [7, 11) is 0. The van der Waals surface area contributed by atoms with Crippen LogP contribution in [0.1, 0.15) is 47.9 Å². The van der Waals surface area contributed by atoms with Crippen molar-refractivity contribution in [2.45, 2.75) is 62.9 Å². The second kappa shape index (κ2) is 17.2. The number of esters is 1. The number of fused-ring (bicyclic) bond motifs is 1. The van der Waals surface area contributed by atoms with Gasteiger partial charge >= 0.3 is 5.97 Å². The lowest BCUT2D eigenvalue weighted by Gasteiger charge is -2.36. The highest BCUT2D eigenvalue weighted by Crippen LogP contribution is 2.26. The molecule has 5 rings (SSSR count). The van der Waals surface area contributed by atoms with Gasteiger partial charge in [-0.25, -0.2) is 0 Å². The quantitative estimate of drug-likeness (QED) is 0.237. The Kier molecular flexibility index (Phi) is 12.5. The molecule has 2 aliphatic heterocycles. The highest BCUT2D eigenvalue weighted by atomic mass is 32.2. The van der Waals surface area contributed by atoms with Crippen molar-refractivity contribution in [3.05, 3.63) is 119 Å². The van der Waals surface area contributed by atoms with Crippen molar-refractivity contribution in [2.75, 3.05) is 19.0 Å². The number of allylic oxidation sites excluding steroid dienone is 2. The molecule has 0 aliphatic carbocycles. The summed E-state index contributed by atoms with van der Waals surface area (Å²) in [5, 5.41) is 13.3. The number of aliphatic hydroxyl groups is 1. The van der Waals surface area contributed by atoms with Gasteiger partial charge in [0.2, 0.25) is 11.8 Å². The summed E-state index contributed by atoms with van der Waals surface area (Å²) in [5.41, 5.74) is 4.48. The molecule has 0 saturated carbocycles. The van der Waals surface area contributed by atoms with E-state index < -0.39 is 12.0 Å². The minimum absolute atomic E-state index is 0.0368. The molecular weight excluding hydrogens is 596 g/mol. The van der Waals surface area contributed by atoms with Crippen molar-refractivity contribution in [1.82, 2.24) is 10.2 Å². The number of nitrogens with zero attached hydrogens (tertiary/aromatic N) is 1. The molecule has 2 amide bonds. The van der Waals surface area contributed by atoms with Crippen molar-refractivity contribution in [2.24, 2.45) is 11.8 Å². The number of thioether (sulfide) groups is 1. The molecule has 46 heavy (non-hydrogen) atoms. The third kappa shape index (κ3) is 9.56. The predicted octanol–water partition coefficient (Wildman–Crippen LogP) is 5.50. The van der Waals surface area contributed by atoms with Gasteiger partial charge in [0.1, 0.15) is 6.61 Å². The molecule has 4 atom stereocenters. The average molecular weight is 641 g/mol. The maximum atomic E-state index is 13.8. The van der Waals surface area contributed by atoms with Crippen LogP contribution in [-0.4, -0.2) is 58.8 Å². The lowest BCUT2D eigenvalue weighted by Crippen LogP contribution is -2.48. The number of rotatable bonds is 9. The molecule has 0 aromatic heterocycles. The van der Waals surface area contributed by atoms with E-state index in [1.807, 2.05) is 84.9 Å². The minimum Gasteiger partial charge on any atom is -0.463 e. The van der Waals surface area contributed by atoms with Gasteiger partial charge in [0.05, 0.1) is 30.5 Å². The largest absolute Gasteiger partial charge is 0.463 e. The lowest BCUT2D eigenvalue weighted by atomic mass is 9.92. The molecule has 0 saturated heterocycles. The van der Waals surface area contributed by atoms with E-state index in [-0.39, 0.29) is 49.4 Å². The van der Waals surface area contributed by atoms with Gasteiger partial charge in [-0.1, -0.05) is 97.1 Å². The van der Waals surface area contributed by atoms with Crippen LogP contribution in [0.25, 0.3) is 0 Å². The van der Waals surface area contributed by atoms with Crippen molar-refractivity contribution >= 4 is 29.5 Å². The van der Waals surface area contributed by atoms with Gasteiger partial charge in [-0.15, -0.1) is 0 Å². The van der Waals surface area contributed by atoms with Crippen LogP contribution in [0.15, 0.2) is 97.1 Å². The highest BCUT2D eigenvalue weighted by Gasteiger charge is 2.33. The summed E-state index contributed by atoms with van der Waals surface area (Å²) in [5.74, 6) is -0.177. The van der Waals surface area contributed by atoms with E-state index in [2.05, 4.69) is 17.4 Å². The molecule has 4 unspecified atom stereocenters. The van der Waals surface area contributed by atoms with Crippen LogP contribution in [0, 0.1) is 11.8 Å². The summed E-state index contributed by atoms with van der Waals surface area (Å²) in [6.07, 6.45) is 6.90. The smallest absolute Gasteiger partial charge is 0.309 e. The Balaban J connectivity index is 1.30. The number of hydrogen-bond acceptors (Lipinski definition) is 6. The van der Waals surface area contributed by atoms with E-state index in [1.165, 1.54) is 5.56 Å². The first-order chi connectivity index (χ1) is 22.5. The molecule has 2 aliphatic rings. The fourth-order valence-corrected chi connectivity index (χ4v) is 7.19. The zero-order valence-electron chi connectivity index (χ0n) is 26.3. The van der Waals surface area contributed by atoms with E-state index in [1.54, 1.807) is 16.7 Å². The molecule has 0 spiro atoms. The summed E-state index contributed by atoms with van der Waals surface area (Å²) in [4.78, 5) is 42.6. The Morgan fingerprint density at radius 2 is 1.59 bits per heavy atom. The van der Waals surface area contributed by atoms with Gasteiger partial charge in [0.15, 0.2) is 0 Å². The zero-order valence-corrected chi connectivity index (χ0v) is 27.1. The molecule has 0 radical (unpaired) electrons. The molecule has 3 aromatic carbocycles. The number of carbonyl (C=O) groups excluding carboxylic acids is 3. The number of cyclic esters (lactones) is 1. The highest BCUT2D eigenvalue weighted by molar-refractivity contribution is 7.98. The minimum atomic E-state index is -0.585. The topological polar surface area (TPSA) is 95.9 Å². The monoisotopic (exact) mass is 640 g/mol. The first kappa shape index (κ1) is 33.5. The van der Waals surface area contributed by atoms with Crippen LogP contribution in [0.2, 0.25) is 0 Å². The molecular formula is C38H44N2O5S. The predicted molar refractivity (Wildman–Crippen MR) is 182 cm³/mol. The van der Waals surface area contributed by atoms with Gasteiger partial charge in [-0.3, -0.25) is 14.4 Å². The van der Waals surface area contributed by atoms with Crippen LogP contribution < -0.4 is 5.32 Å². The molecule has 2 heterocycles. The number of ether oxygens (including phenoxy) is 1. The normalized spacial score (nSPS) is 22.4. The number of carbonyl (C=O) groups is 3. The van der Waals surface area contributed by atoms with Gasteiger partial charge < -0.3 is 20.1 Å². The van der Waals surface area contributed by atoms with Gasteiger partial charge in [-0.05, 0) is 54.4 Å². The molecule has 3 aromatic rings. The van der Waals surface area contributed by atoms with Gasteiger partial charge in [0, 0.05) is 24.5 Å². The molecule has 7 nitrogen and oxygen atoms in total. The first-order valence-corrected chi connectivity index (χ1v) is 17.4. The van der Waals surface area contributed by atoms with Crippen molar-refractivity contribution in [3.8, 4) is 0 Å². The van der Waals surface area contributed by atoms with E-state index in [0.29, 0.717) is 44.4 Å². The van der Waals surface area contributed by atoms with Gasteiger partial charge in [-0.2, -0.15) is 11.8 Å². The number of aliphatic hydroxyl groups excluding tert-OH is 1. The molecule has 0 bridgehead atoms. The van der Waals surface area contributed by atoms with Crippen LogP contribution in [-0.2, 0) is 44.3 Å². The van der Waals surface area contributed by atoms with Crippen LogP contribution in [0.3, 0.4) is 0 Å². The van der Waals surface area contributed by atoms with E-state index in [0.717, 1.165) is 22.4 Å². The summed E-state index contributed by atoms with van der Waals surface area (Å²) < 4.78 is 5.88. The standard InChI is InChI=1S/C38H44N2O5S/c41-24-35-21-30-16-10-11-19-33(30)23-40(35)36(42)22-31-17-8-3-9-18-32(20-28-12-4-1-5-13-28)38(44)45-25-34(39-37(31)43)27-46-26-29-14-6-2-7-15-29/h1-8,10-16,19,31-32,34-35,41H,9,17-18,20-27H2,(H,39,43). The maximum Gasteiger partial charge on any atom is 0.309 e. The fraction of sp³-hybridized carbons (Fsp3) is 0.395. The van der Waals surface area contributed by atoms with Crippen molar-refractivity contribution in [1.29, 1.82) is 0 Å². The Morgan fingerprint density at radius 1 is 0.891 bits per heavy atom. The average Bonchev–Trinajstić information content (AvgIpc) is 3.09. The number of nitrogens with one attached hydrogen (secondary N) is 1. The summed E-state index contributed by atoms with van der Waals surface area (Å²) in [6, 6.07) is 27.4. The van der Waals surface area contributed by atoms with Gasteiger partial charge in [0.25, 0.3) is 0 Å². The Hall–Kier alpha value is -3.88.